The van der Waals surface area contributed by atoms with Crippen molar-refractivity contribution >= 4 is 12.2 Å². The highest BCUT2D eigenvalue weighted by molar-refractivity contribution is 7.71. The maximum absolute atomic E-state index is 5.59. The van der Waals surface area contributed by atoms with Gasteiger partial charge in [0.15, 0.2) is 11.5 Å². The van der Waals surface area contributed by atoms with E-state index in [0.717, 1.165) is 22.8 Å². The van der Waals surface area contributed by atoms with Gasteiger partial charge in [0.1, 0.15) is 4.64 Å². The number of H-pyrrole nitrogens is 1. The van der Waals surface area contributed by atoms with Gasteiger partial charge in [-0.3, -0.25) is 4.98 Å². The van der Waals surface area contributed by atoms with Gasteiger partial charge in [-0.15, -0.1) is 0 Å². The van der Waals surface area contributed by atoms with Crippen LogP contribution in [-0.2, 0) is 0 Å². The second kappa shape index (κ2) is 6.33. The fourth-order valence-corrected chi connectivity index (χ4v) is 1.82. The van der Waals surface area contributed by atoms with Gasteiger partial charge in [0.05, 0.1) is 25.1 Å². The molecule has 0 spiro atoms. The van der Waals surface area contributed by atoms with Crippen molar-refractivity contribution in [2.45, 2.75) is 13.8 Å². The third-order valence-corrected chi connectivity index (χ3v) is 2.73. The maximum Gasteiger partial charge on any atom is 0.161 e. The van der Waals surface area contributed by atoms with Crippen LogP contribution in [0.4, 0.5) is 0 Å². The summed E-state index contributed by atoms with van der Waals surface area (Å²) < 4.78 is 11.7. The van der Waals surface area contributed by atoms with E-state index < -0.39 is 0 Å². The molecule has 0 fully saturated rings. The molecule has 100 valence electrons. The summed E-state index contributed by atoms with van der Waals surface area (Å²) in [5.74, 6) is 1.48. The standard InChI is InChI=1S/C14H16N2O2S/c1-3-17-12-6-5-10(7-13(12)18-4-2)11-8-16-14(19)9-15-11/h5-9H,3-4H2,1-2H3,(H,16,19). The number of rotatable bonds is 5. The van der Waals surface area contributed by atoms with Crippen LogP contribution in [0.15, 0.2) is 30.6 Å². The highest BCUT2D eigenvalue weighted by Gasteiger charge is 2.08. The summed E-state index contributed by atoms with van der Waals surface area (Å²) in [6, 6.07) is 5.77. The first-order valence-corrected chi connectivity index (χ1v) is 6.60. The lowest BCUT2D eigenvalue weighted by molar-refractivity contribution is 0.288. The minimum atomic E-state index is 0.591. The Balaban J connectivity index is 2.39. The number of hydrogen-bond acceptors (Lipinski definition) is 4. The van der Waals surface area contributed by atoms with Gasteiger partial charge < -0.3 is 14.5 Å². The Hall–Kier alpha value is -1.88. The van der Waals surface area contributed by atoms with E-state index in [0.29, 0.717) is 17.9 Å². The molecule has 2 rings (SSSR count). The zero-order chi connectivity index (χ0) is 13.7. The molecule has 0 bridgehead atoms. The van der Waals surface area contributed by atoms with Crippen LogP contribution in [0.25, 0.3) is 11.3 Å². The Kier molecular flexibility index (Phi) is 4.52. The average Bonchev–Trinajstić information content (AvgIpc) is 2.42. The van der Waals surface area contributed by atoms with E-state index in [1.807, 2.05) is 32.0 Å². The summed E-state index contributed by atoms with van der Waals surface area (Å²) in [5, 5.41) is 0. The normalized spacial score (nSPS) is 10.2. The molecular weight excluding hydrogens is 260 g/mol. The lowest BCUT2D eigenvalue weighted by Crippen LogP contribution is -1.98. The van der Waals surface area contributed by atoms with Gasteiger partial charge in [0, 0.05) is 11.8 Å². The number of nitrogens with one attached hydrogen (secondary N) is 1. The smallest absolute Gasteiger partial charge is 0.161 e. The van der Waals surface area contributed by atoms with Crippen molar-refractivity contribution in [1.82, 2.24) is 9.97 Å². The molecule has 0 radical (unpaired) electrons. The van der Waals surface area contributed by atoms with Crippen LogP contribution in [0.1, 0.15) is 13.8 Å². The fourth-order valence-electron chi connectivity index (χ4n) is 1.71. The number of aromatic amines is 1. The summed E-state index contributed by atoms with van der Waals surface area (Å²) in [4.78, 5) is 7.26. The van der Waals surface area contributed by atoms with Crippen molar-refractivity contribution in [1.29, 1.82) is 0 Å². The lowest BCUT2D eigenvalue weighted by Gasteiger charge is -2.12. The Morgan fingerprint density at radius 2 is 1.89 bits per heavy atom. The zero-order valence-electron chi connectivity index (χ0n) is 11.0. The number of ether oxygens (including phenoxy) is 2. The molecule has 1 N–H and O–H groups in total. The molecule has 0 atom stereocenters. The number of aromatic nitrogens is 2. The van der Waals surface area contributed by atoms with Gasteiger partial charge in [-0.05, 0) is 32.0 Å². The van der Waals surface area contributed by atoms with Crippen molar-refractivity contribution in [3.63, 3.8) is 0 Å². The van der Waals surface area contributed by atoms with E-state index in [4.69, 9.17) is 21.7 Å². The van der Waals surface area contributed by atoms with Gasteiger partial charge in [0.25, 0.3) is 0 Å². The highest BCUT2D eigenvalue weighted by atomic mass is 32.1. The lowest BCUT2D eigenvalue weighted by atomic mass is 10.1. The Labute approximate surface area is 117 Å². The molecule has 1 aromatic carbocycles. The van der Waals surface area contributed by atoms with Crippen molar-refractivity contribution in [3.05, 3.63) is 35.2 Å². The second-order valence-electron chi connectivity index (χ2n) is 3.82. The summed E-state index contributed by atoms with van der Waals surface area (Å²) >= 11 is 4.98. The number of nitrogens with zero attached hydrogens (tertiary/aromatic N) is 1. The molecule has 0 amide bonds. The molecule has 1 heterocycles. The van der Waals surface area contributed by atoms with Crippen molar-refractivity contribution in [2.75, 3.05) is 13.2 Å². The SMILES string of the molecule is CCOc1ccc(-c2c[nH]c(=S)cn2)cc1OCC. The molecular formula is C14H16N2O2S. The van der Waals surface area contributed by atoms with Crippen LogP contribution in [0, 0.1) is 4.64 Å². The maximum atomic E-state index is 5.59. The first-order valence-electron chi connectivity index (χ1n) is 6.19. The summed E-state index contributed by atoms with van der Waals surface area (Å²) in [7, 11) is 0. The molecule has 0 unspecified atom stereocenters. The van der Waals surface area contributed by atoms with Crippen LogP contribution in [-0.4, -0.2) is 23.2 Å². The van der Waals surface area contributed by atoms with E-state index >= 15 is 0 Å². The molecule has 0 saturated carbocycles. The second-order valence-corrected chi connectivity index (χ2v) is 4.26. The first kappa shape index (κ1) is 13.5. The molecule has 0 saturated heterocycles. The molecule has 19 heavy (non-hydrogen) atoms. The number of hydrogen-bond donors (Lipinski definition) is 1. The minimum Gasteiger partial charge on any atom is -0.490 e. The molecule has 1 aromatic heterocycles. The molecule has 0 aliphatic heterocycles. The van der Waals surface area contributed by atoms with Crippen LogP contribution in [0.3, 0.4) is 0 Å². The molecule has 4 nitrogen and oxygen atoms in total. The Morgan fingerprint density at radius 3 is 2.53 bits per heavy atom. The summed E-state index contributed by atoms with van der Waals surface area (Å²) in [6.45, 7) is 5.09. The van der Waals surface area contributed by atoms with Gasteiger partial charge in [0.2, 0.25) is 0 Å². The van der Waals surface area contributed by atoms with Gasteiger partial charge in [-0.25, -0.2) is 0 Å². The topological polar surface area (TPSA) is 47.1 Å². The Bertz CT molecular complexity index is 590. The van der Waals surface area contributed by atoms with Gasteiger partial charge >= 0.3 is 0 Å². The van der Waals surface area contributed by atoms with Crippen molar-refractivity contribution in [2.24, 2.45) is 0 Å². The van der Waals surface area contributed by atoms with Crippen molar-refractivity contribution in [3.8, 4) is 22.8 Å². The summed E-state index contributed by atoms with van der Waals surface area (Å²) in [6.07, 6.45) is 3.41. The first-order chi connectivity index (χ1) is 9.24. The molecule has 0 aliphatic carbocycles. The third-order valence-electron chi connectivity index (χ3n) is 2.51. The predicted molar refractivity (Wildman–Crippen MR) is 77.2 cm³/mol. The zero-order valence-corrected chi connectivity index (χ0v) is 11.8. The van der Waals surface area contributed by atoms with Crippen LogP contribution in [0.2, 0.25) is 0 Å². The van der Waals surface area contributed by atoms with E-state index in [-0.39, 0.29) is 0 Å². The van der Waals surface area contributed by atoms with E-state index in [1.165, 1.54) is 0 Å². The van der Waals surface area contributed by atoms with E-state index in [2.05, 4.69) is 9.97 Å². The van der Waals surface area contributed by atoms with E-state index in [9.17, 15) is 0 Å². The quantitative estimate of drug-likeness (QED) is 0.848. The highest BCUT2D eigenvalue weighted by Crippen LogP contribution is 2.31. The molecule has 2 aromatic rings. The minimum absolute atomic E-state index is 0.591. The molecule has 5 heteroatoms. The third kappa shape index (κ3) is 3.32. The van der Waals surface area contributed by atoms with Crippen molar-refractivity contribution < 1.29 is 9.47 Å². The Morgan fingerprint density at radius 1 is 1.16 bits per heavy atom. The van der Waals surface area contributed by atoms with Gasteiger partial charge in [-0.1, -0.05) is 12.2 Å². The van der Waals surface area contributed by atoms with Crippen LogP contribution < -0.4 is 9.47 Å². The summed E-state index contributed by atoms with van der Waals surface area (Å²) in [5.41, 5.74) is 1.77. The van der Waals surface area contributed by atoms with E-state index in [1.54, 1.807) is 12.4 Å². The largest absolute Gasteiger partial charge is 0.490 e. The van der Waals surface area contributed by atoms with Crippen LogP contribution in [0.5, 0.6) is 11.5 Å². The monoisotopic (exact) mass is 276 g/mol. The van der Waals surface area contributed by atoms with Crippen LogP contribution >= 0.6 is 12.2 Å². The average molecular weight is 276 g/mol. The molecule has 0 aliphatic rings. The number of benzene rings is 1. The fraction of sp³-hybridized carbons (Fsp3) is 0.286. The van der Waals surface area contributed by atoms with Gasteiger partial charge in [-0.2, -0.15) is 0 Å². The predicted octanol–water partition coefficient (Wildman–Crippen LogP) is 3.60.